The summed E-state index contributed by atoms with van der Waals surface area (Å²) in [5, 5.41) is 3.08. The molecule has 2 aliphatic rings. The Labute approximate surface area is 155 Å². The normalized spacial score (nSPS) is 23.8. The van der Waals surface area contributed by atoms with Crippen LogP contribution in [-0.2, 0) is 17.9 Å². The molecular formula is C22H26N2O2. The number of nitrogens with one attached hydrogen (secondary N) is 1. The number of nitrogens with zero attached hydrogens (tertiary/aromatic N) is 1. The van der Waals surface area contributed by atoms with Gasteiger partial charge in [0.05, 0.1) is 5.69 Å². The van der Waals surface area contributed by atoms with Crippen molar-refractivity contribution in [2.75, 3.05) is 0 Å². The summed E-state index contributed by atoms with van der Waals surface area (Å²) in [7, 11) is 0. The highest BCUT2D eigenvalue weighted by atomic mass is 16.5. The molecule has 4 heteroatoms. The average molecular weight is 350 g/mol. The van der Waals surface area contributed by atoms with E-state index in [9.17, 15) is 4.79 Å². The fourth-order valence-electron chi connectivity index (χ4n) is 4.52. The van der Waals surface area contributed by atoms with Gasteiger partial charge >= 0.3 is 0 Å². The van der Waals surface area contributed by atoms with Crippen LogP contribution in [0.4, 0.5) is 0 Å². The lowest BCUT2D eigenvalue weighted by Crippen LogP contribution is -2.26. The summed E-state index contributed by atoms with van der Waals surface area (Å²) in [6.07, 6.45) is 7.78. The molecule has 3 unspecified atom stereocenters. The fourth-order valence-corrected chi connectivity index (χ4v) is 4.52. The quantitative estimate of drug-likeness (QED) is 0.818. The summed E-state index contributed by atoms with van der Waals surface area (Å²) < 4.78 is 5.81. The lowest BCUT2D eigenvalue weighted by Gasteiger charge is -2.20. The second-order valence-electron chi connectivity index (χ2n) is 7.67. The van der Waals surface area contributed by atoms with Crippen molar-refractivity contribution < 1.29 is 9.53 Å². The highest BCUT2D eigenvalue weighted by Crippen LogP contribution is 2.49. The third kappa shape index (κ3) is 4.24. The number of carbonyl (C=O) groups excluding carboxylic acids is 1. The van der Waals surface area contributed by atoms with Gasteiger partial charge in [-0.25, -0.2) is 0 Å². The van der Waals surface area contributed by atoms with Crippen LogP contribution in [0.5, 0.6) is 5.75 Å². The number of carbonyl (C=O) groups is 1. The van der Waals surface area contributed by atoms with Gasteiger partial charge in [-0.3, -0.25) is 9.78 Å². The van der Waals surface area contributed by atoms with Gasteiger partial charge in [0.25, 0.3) is 0 Å². The molecule has 1 aromatic carbocycles. The van der Waals surface area contributed by atoms with E-state index in [2.05, 4.69) is 10.3 Å². The van der Waals surface area contributed by atoms with Crippen molar-refractivity contribution in [1.82, 2.24) is 10.3 Å². The van der Waals surface area contributed by atoms with Crippen molar-refractivity contribution >= 4 is 5.91 Å². The number of aromatic nitrogens is 1. The number of fused-ring (bicyclic) bond motifs is 2. The third-order valence-electron chi connectivity index (χ3n) is 5.83. The van der Waals surface area contributed by atoms with Crippen LogP contribution in [0.2, 0.25) is 0 Å². The van der Waals surface area contributed by atoms with Crippen LogP contribution < -0.4 is 10.1 Å². The molecule has 4 rings (SSSR count). The first-order valence-corrected chi connectivity index (χ1v) is 9.64. The maximum absolute atomic E-state index is 12.3. The van der Waals surface area contributed by atoms with Crippen LogP contribution in [-0.4, -0.2) is 10.9 Å². The molecule has 2 fully saturated rings. The lowest BCUT2D eigenvalue weighted by molar-refractivity contribution is -0.122. The molecule has 3 atom stereocenters. The largest absolute Gasteiger partial charge is 0.487 e. The van der Waals surface area contributed by atoms with E-state index in [1.807, 2.05) is 42.5 Å². The Morgan fingerprint density at radius 3 is 2.88 bits per heavy atom. The highest BCUT2D eigenvalue weighted by molar-refractivity contribution is 5.76. The first kappa shape index (κ1) is 17.1. The summed E-state index contributed by atoms with van der Waals surface area (Å²) in [5.41, 5.74) is 1.96. The minimum absolute atomic E-state index is 0.183. The Morgan fingerprint density at radius 2 is 2.12 bits per heavy atom. The number of hydrogen-bond acceptors (Lipinski definition) is 3. The summed E-state index contributed by atoms with van der Waals surface area (Å²) in [4.78, 5) is 16.6. The van der Waals surface area contributed by atoms with E-state index in [0.717, 1.165) is 28.8 Å². The van der Waals surface area contributed by atoms with Crippen molar-refractivity contribution in [3.05, 3.63) is 59.9 Å². The minimum Gasteiger partial charge on any atom is -0.487 e. The monoisotopic (exact) mass is 350 g/mol. The molecule has 0 saturated heterocycles. The zero-order valence-corrected chi connectivity index (χ0v) is 15.1. The first-order chi connectivity index (χ1) is 12.8. The van der Waals surface area contributed by atoms with Crippen molar-refractivity contribution in [2.45, 2.75) is 45.3 Å². The van der Waals surface area contributed by atoms with Gasteiger partial charge < -0.3 is 10.1 Å². The Morgan fingerprint density at radius 1 is 1.15 bits per heavy atom. The molecular weight excluding hydrogens is 324 g/mol. The van der Waals surface area contributed by atoms with E-state index in [0.29, 0.717) is 25.5 Å². The van der Waals surface area contributed by atoms with Gasteiger partial charge in [0, 0.05) is 19.2 Å². The minimum atomic E-state index is 0.183. The molecule has 2 aliphatic carbocycles. The molecule has 0 aliphatic heterocycles. The maximum Gasteiger partial charge on any atom is 0.220 e. The Bertz CT molecular complexity index is 747. The van der Waals surface area contributed by atoms with Gasteiger partial charge in [-0.1, -0.05) is 24.6 Å². The number of pyridine rings is 1. The van der Waals surface area contributed by atoms with E-state index in [-0.39, 0.29) is 5.91 Å². The summed E-state index contributed by atoms with van der Waals surface area (Å²) >= 11 is 0. The van der Waals surface area contributed by atoms with Gasteiger partial charge in [-0.2, -0.15) is 0 Å². The molecule has 1 aromatic heterocycles. The predicted octanol–water partition coefficient (Wildman–Crippen LogP) is 4.10. The molecule has 26 heavy (non-hydrogen) atoms. The second kappa shape index (κ2) is 7.90. The Kier molecular flexibility index (Phi) is 5.19. The van der Waals surface area contributed by atoms with E-state index < -0.39 is 0 Å². The van der Waals surface area contributed by atoms with Crippen molar-refractivity contribution in [3.63, 3.8) is 0 Å². The van der Waals surface area contributed by atoms with Gasteiger partial charge in [-0.15, -0.1) is 0 Å². The molecule has 2 aromatic rings. The number of ether oxygens (including phenoxy) is 1. The van der Waals surface area contributed by atoms with Crippen LogP contribution in [0.3, 0.4) is 0 Å². The lowest BCUT2D eigenvalue weighted by atomic mass is 9.86. The van der Waals surface area contributed by atoms with E-state index in [1.165, 1.54) is 25.7 Å². The zero-order valence-electron chi connectivity index (χ0n) is 15.1. The second-order valence-corrected chi connectivity index (χ2v) is 7.67. The summed E-state index contributed by atoms with van der Waals surface area (Å²) in [6, 6.07) is 13.7. The van der Waals surface area contributed by atoms with Gasteiger partial charge in [0.1, 0.15) is 12.4 Å². The van der Waals surface area contributed by atoms with Crippen LogP contribution >= 0.6 is 0 Å². The summed E-state index contributed by atoms with van der Waals surface area (Å²) in [5.74, 6) is 3.29. The highest BCUT2D eigenvalue weighted by Gasteiger charge is 2.39. The molecule has 1 N–H and O–H groups in total. The van der Waals surface area contributed by atoms with E-state index in [1.54, 1.807) is 6.20 Å². The molecule has 136 valence electrons. The molecule has 4 nitrogen and oxygen atoms in total. The SMILES string of the molecule is O=C(CC1CC2CCC1C2)NCc1cccc(OCc2ccccn2)c1. The van der Waals surface area contributed by atoms with Crippen LogP contribution in [0.15, 0.2) is 48.7 Å². The molecule has 0 radical (unpaired) electrons. The average Bonchev–Trinajstić information content (AvgIpc) is 3.29. The number of benzene rings is 1. The predicted molar refractivity (Wildman–Crippen MR) is 100 cm³/mol. The fraction of sp³-hybridized carbons (Fsp3) is 0.455. The van der Waals surface area contributed by atoms with E-state index >= 15 is 0 Å². The molecule has 0 spiro atoms. The smallest absolute Gasteiger partial charge is 0.220 e. The number of rotatable bonds is 7. The molecule has 1 heterocycles. The van der Waals surface area contributed by atoms with Crippen LogP contribution in [0.25, 0.3) is 0 Å². The Balaban J connectivity index is 1.25. The Hall–Kier alpha value is -2.36. The van der Waals surface area contributed by atoms with Gasteiger partial charge in [-0.05, 0) is 66.8 Å². The maximum atomic E-state index is 12.3. The number of amides is 1. The first-order valence-electron chi connectivity index (χ1n) is 9.64. The molecule has 2 saturated carbocycles. The van der Waals surface area contributed by atoms with Crippen molar-refractivity contribution in [3.8, 4) is 5.75 Å². The molecule has 2 bridgehead atoms. The summed E-state index contributed by atoms with van der Waals surface area (Å²) in [6.45, 7) is 1.00. The van der Waals surface area contributed by atoms with Crippen LogP contribution in [0, 0.1) is 17.8 Å². The van der Waals surface area contributed by atoms with Gasteiger partial charge in [0.15, 0.2) is 0 Å². The van der Waals surface area contributed by atoms with Gasteiger partial charge in [0.2, 0.25) is 5.91 Å². The number of hydrogen-bond donors (Lipinski definition) is 1. The third-order valence-corrected chi connectivity index (χ3v) is 5.83. The van der Waals surface area contributed by atoms with E-state index in [4.69, 9.17) is 4.74 Å². The molecule has 1 amide bonds. The van der Waals surface area contributed by atoms with Crippen LogP contribution in [0.1, 0.15) is 43.4 Å². The van der Waals surface area contributed by atoms with Crippen molar-refractivity contribution in [2.24, 2.45) is 17.8 Å². The van der Waals surface area contributed by atoms with Crippen molar-refractivity contribution in [1.29, 1.82) is 0 Å². The standard InChI is InChI=1S/C22H26N2O2/c25-22(13-19-11-16-7-8-18(19)10-16)24-14-17-4-3-6-21(12-17)26-15-20-5-1-2-9-23-20/h1-6,9,12,16,18-19H,7-8,10-11,13-15H2,(H,24,25). The zero-order chi connectivity index (χ0) is 17.8. The topological polar surface area (TPSA) is 51.2 Å².